The van der Waals surface area contributed by atoms with Crippen molar-refractivity contribution in [1.82, 2.24) is 0 Å². The lowest BCUT2D eigenvalue weighted by Gasteiger charge is -2.57. The van der Waals surface area contributed by atoms with E-state index in [0.717, 1.165) is 51.6 Å². The van der Waals surface area contributed by atoms with Crippen LogP contribution in [0.5, 0.6) is 0 Å². The lowest BCUT2D eigenvalue weighted by molar-refractivity contribution is -0.134. The quantitative estimate of drug-likeness (QED) is 0.780. The van der Waals surface area contributed by atoms with Gasteiger partial charge in [0.1, 0.15) is 5.78 Å². The molecule has 4 aliphatic carbocycles. The molecule has 0 heterocycles. The Kier molecular flexibility index (Phi) is 3.57. The summed E-state index contributed by atoms with van der Waals surface area (Å²) in [6.07, 6.45) is 9.75. The molecule has 126 valence electrons. The first-order chi connectivity index (χ1) is 11.0. The van der Waals surface area contributed by atoms with Crippen molar-refractivity contribution in [1.29, 1.82) is 0 Å². The van der Waals surface area contributed by atoms with E-state index >= 15 is 0 Å². The molecule has 4 aliphatic rings. The van der Waals surface area contributed by atoms with Crippen LogP contribution in [0.15, 0.2) is 11.6 Å². The molecule has 3 saturated carbocycles. The first-order valence-electron chi connectivity index (χ1n) is 9.27. The summed E-state index contributed by atoms with van der Waals surface area (Å²) in [5.74, 6) is 2.59. The number of Topliss-reactive ketones (excluding diaryl/α,β-unsaturated/α-hetero) is 1. The predicted molar refractivity (Wildman–Crippen MR) is 87.9 cm³/mol. The second kappa shape index (κ2) is 5.27. The van der Waals surface area contributed by atoms with E-state index < -0.39 is 0 Å². The highest BCUT2D eigenvalue weighted by atomic mass is 16.5. The fourth-order valence-electron chi connectivity index (χ4n) is 6.66. The van der Waals surface area contributed by atoms with E-state index in [1.165, 1.54) is 5.57 Å². The number of hydrogen-bond acceptors (Lipinski definition) is 3. The second-order valence-electron chi connectivity index (χ2n) is 8.56. The summed E-state index contributed by atoms with van der Waals surface area (Å²) in [5.41, 5.74) is 1.35. The molecule has 0 spiro atoms. The van der Waals surface area contributed by atoms with E-state index in [4.69, 9.17) is 4.74 Å². The zero-order valence-electron chi connectivity index (χ0n) is 14.4. The molecule has 0 amide bonds. The molecular weight excluding hydrogens is 288 g/mol. The van der Waals surface area contributed by atoms with Crippen LogP contribution in [-0.2, 0) is 14.3 Å². The third-order valence-electron chi connectivity index (χ3n) is 7.80. The number of ether oxygens (including phenoxy) is 1. The van der Waals surface area contributed by atoms with Crippen LogP contribution in [0.1, 0.15) is 58.3 Å². The number of fused-ring (bicyclic) bond motifs is 5. The van der Waals surface area contributed by atoms with E-state index in [9.17, 15) is 9.59 Å². The van der Waals surface area contributed by atoms with Gasteiger partial charge in [-0.25, -0.2) is 0 Å². The fraction of sp³-hybridized carbons (Fsp3) is 0.800. The Morgan fingerprint density at radius 2 is 1.91 bits per heavy atom. The van der Waals surface area contributed by atoms with E-state index in [-0.39, 0.29) is 10.8 Å². The third-order valence-corrected chi connectivity index (χ3v) is 7.80. The maximum atomic E-state index is 12.5. The zero-order valence-corrected chi connectivity index (χ0v) is 14.4. The number of hydrogen-bond donors (Lipinski definition) is 0. The summed E-state index contributed by atoms with van der Waals surface area (Å²) in [4.78, 5) is 24.4. The molecule has 0 radical (unpaired) electrons. The maximum absolute atomic E-state index is 12.5. The molecule has 0 saturated heterocycles. The van der Waals surface area contributed by atoms with Crippen molar-refractivity contribution < 1.29 is 14.3 Å². The van der Waals surface area contributed by atoms with E-state index in [2.05, 4.69) is 6.92 Å². The Morgan fingerprint density at radius 1 is 1.09 bits per heavy atom. The summed E-state index contributed by atoms with van der Waals surface area (Å²) in [7, 11) is 1.79. The Morgan fingerprint density at radius 3 is 2.70 bits per heavy atom. The predicted octanol–water partition coefficient (Wildman–Crippen LogP) is 3.71. The number of rotatable bonds is 2. The Labute approximate surface area is 138 Å². The highest BCUT2D eigenvalue weighted by Gasteiger charge is 2.60. The largest absolute Gasteiger partial charge is 0.384 e. The Bertz CT molecular complexity index is 577. The molecule has 3 heteroatoms. The topological polar surface area (TPSA) is 43.4 Å². The van der Waals surface area contributed by atoms with Gasteiger partial charge in [0.2, 0.25) is 0 Å². The van der Waals surface area contributed by atoms with Crippen LogP contribution < -0.4 is 0 Å². The second-order valence-corrected chi connectivity index (χ2v) is 8.56. The molecule has 4 rings (SSSR count). The SMILES string of the molecule is COCC12CCC(=O)C=C1CCC1C3CCC(=O)C3(C)CCC12. The van der Waals surface area contributed by atoms with Gasteiger partial charge in [0.05, 0.1) is 6.61 Å². The number of carbonyl (C=O) groups excluding carboxylic acids is 2. The van der Waals surface area contributed by atoms with Gasteiger partial charge >= 0.3 is 0 Å². The fourth-order valence-corrected chi connectivity index (χ4v) is 6.66. The molecular formula is C20H28O3. The van der Waals surface area contributed by atoms with Crippen LogP contribution in [0, 0.1) is 28.6 Å². The van der Waals surface area contributed by atoms with Gasteiger partial charge in [0.15, 0.2) is 5.78 Å². The Hall–Kier alpha value is -0.960. The van der Waals surface area contributed by atoms with Gasteiger partial charge in [-0.05, 0) is 62.4 Å². The van der Waals surface area contributed by atoms with Crippen molar-refractivity contribution in [2.75, 3.05) is 13.7 Å². The van der Waals surface area contributed by atoms with Gasteiger partial charge in [0.25, 0.3) is 0 Å². The van der Waals surface area contributed by atoms with Crippen LogP contribution >= 0.6 is 0 Å². The van der Waals surface area contributed by atoms with Crippen LogP contribution in [-0.4, -0.2) is 25.3 Å². The average molecular weight is 316 g/mol. The number of methoxy groups -OCH3 is 1. The van der Waals surface area contributed by atoms with Gasteiger partial charge in [0, 0.05) is 30.8 Å². The van der Waals surface area contributed by atoms with Crippen LogP contribution in [0.2, 0.25) is 0 Å². The molecule has 0 aromatic carbocycles. The van der Waals surface area contributed by atoms with Gasteiger partial charge in [-0.2, -0.15) is 0 Å². The molecule has 5 unspecified atom stereocenters. The van der Waals surface area contributed by atoms with Crippen molar-refractivity contribution >= 4 is 11.6 Å². The van der Waals surface area contributed by atoms with Crippen LogP contribution in [0.25, 0.3) is 0 Å². The van der Waals surface area contributed by atoms with Gasteiger partial charge < -0.3 is 4.74 Å². The molecule has 0 N–H and O–H groups in total. The minimum Gasteiger partial charge on any atom is -0.384 e. The molecule has 5 atom stereocenters. The summed E-state index contributed by atoms with van der Waals surface area (Å²) in [5, 5.41) is 0. The maximum Gasteiger partial charge on any atom is 0.155 e. The Balaban J connectivity index is 1.72. The molecule has 0 bridgehead atoms. The molecule has 3 fully saturated rings. The van der Waals surface area contributed by atoms with E-state index in [1.807, 2.05) is 6.08 Å². The standard InChI is InChI=1S/C20H28O3/c1-19-9-8-17-15(16(19)5-6-18(19)22)4-3-13-11-14(21)7-10-20(13,17)12-23-2/h11,15-17H,3-10,12H2,1-2H3. The first kappa shape index (κ1) is 15.6. The monoisotopic (exact) mass is 316 g/mol. The van der Waals surface area contributed by atoms with E-state index in [1.54, 1.807) is 7.11 Å². The minimum absolute atomic E-state index is 0.0680. The van der Waals surface area contributed by atoms with Gasteiger partial charge in [-0.15, -0.1) is 0 Å². The minimum atomic E-state index is -0.0683. The molecule has 0 aromatic rings. The number of carbonyl (C=O) groups is 2. The zero-order chi connectivity index (χ0) is 16.2. The van der Waals surface area contributed by atoms with Gasteiger partial charge in [-0.3, -0.25) is 9.59 Å². The average Bonchev–Trinajstić information content (AvgIpc) is 2.84. The van der Waals surface area contributed by atoms with Crippen molar-refractivity contribution in [3.63, 3.8) is 0 Å². The summed E-state index contributed by atoms with van der Waals surface area (Å²) in [6, 6.07) is 0. The van der Waals surface area contributed by atoms with Crippen LogP contribution in [0.4, 0.5) is 0 Å². The van der Waals surface area contributed by atoms with E-state index in [0.29, 0.717) is 35.7 Å². The summed E-state index contributed by atoms with van der Waals surface area (Å²) < 4.78 is 5.66. The highest BCUT2D eigenvalue weighted by Crippen LogP contribution is 2.64. The van der Waals surface area contributed by atoms with Crippen molar-refractivity contribution in [3.05, 3.63) is 11.6 Å². The molecule has 0 aliphatic heterocycles. The summed E-state index contributed by atoms with van der Waals surface area (Å²) in [6.45, 7) is 2.96. The van der Waals surface area contributed by atoms with Crippen molar-refractivity contribution in [3.8, 4) is 0 Å². The van der Waals surface area contributed by atoms with Crippen molar-refractivity contribution in [2.24, 2.45) is 28.6 Å². The summed E-state index contributed by atoms with van der Waals surface area (Å²) >= 11 is 0. The molecule has 23 heavy (non-hydrogen) atoms. The van der Waals surface area contributed by atoms with Crippen LogP contribution in [0.3, 0.4) is 0 Å². The van der Waals surface area contributed by atoms with Gasteiger partial charge in [-0.1, -0.05) is 12.5 Å². The number of ketones is 2. The molecule has 0 aromatic heterocycles. The lowest BCUT2D eigenvalue weighted by Crippen LogP contribution is -2.53. The molecule has 3 nitrogen and oxygen atoms in total. The third kappa shape index (κ3) is 2.05. The first-order valence-corrected chi connectivity index (χ1v) is 9.27. The smallest absolute Gasteiger partial charge is 0.155 e. The normalized spacial score (nSPS) is 46.0. The van der Waals surface area contributed by atoms with Crippen molar-refractivity contribution in [2.45, 2.75) is 58.3 Å². The highest BCUT2D eigenvalue weighted by molar-refractivity contribution is 5.91. The lowest BCUT2D eigenvalue weighted by atomic mass is 9.47.